The van der Waals surface area contributed by atoms with Crippen LogP contribution < -0.4 is 19.8 Å². The average Bonchev–Trinajstić information content (AvgIpc) is 3.44. The van der Waals surface area contributed by atoms with Crippen LogP contribution in [0.1, 0.15) is 61.9 Å². The van der Waals surface area contributed by atoms with E-state index in [1.807, 2.05) is 0 Å². The number of piperidine rings is 2. The van der Waals surface area contributed by atoms with E-state index in [0.717, 1.165) is 75.5 Å². The molecule has 1 aromatic carbocycles. The van der Waals surface area contributed by atoms with E-state index in [-0.39, 0.29) is 23.2 Å². The fourth-order valence-corrected chi connectivity index (χ4v) is 8.12. The highest BCUT2D eigenvalue weighted by atomic mass is 32.2. The SMILES string of the molecule is O=C(Nc1ccc(NS(=O)(=O)CCO)cc1N1CCC2(CC1)CC2)c1csc(N2CCC3(CC2)CC(O)C3)n1. The van der Waals surface area contributed by atoms with Crippen LogP contribution in [-0.4, -0.2) is 74.2 Å². The Morgan fingerprint density at radius 1 is 1.03 bits per heavy atom. The summed E-state index contributed by atoms with van der Waals surface area (Å²) in [6.45, 7) is 3.01. The highest BCUT2D eigenvalue weighted by Crippen LogP contribution is 2.54. The first-order valence-electron chi connectivity index (χ1n) is 13.9. The second-order valence-corrected chi connectivity index (χ2v) is 14.6. The van der Waals surface area contributed by atoms with Gasteiger partial charge in [-0.2, -0.15) is 0 Å². The maximum absolute atomic E-state index is 13.3. The predicted molar refractivity (Wildman–Crippen MR) is 153 cm³/mol. The van der Waals surface area contributed by atoms with Crippen molar-refractivity contribution in [3.8, 4) is 0 Å². The number of aromatic nitrogens is 1. The van der Waals surface area contributed by atoms with Gasteiger partial charge in [0.15, 0.2) is 5.13 Å². The summed E-state index contributed by atoms with van der Waals surface area (Å²) >= 11 is 1.47. The van der Waals surface area contributed by atoms with Crippen LogP contribution in [0.15, 0.2) is 23.6 Å². The summed E-state index contributed by atoms with van der Waals surface area (Å²) < 4.78 is 27.0. The van der Waals surface area contributed by atoms with Crippen molar-refractivity contribution in [3.05, 3.63) is 29.3 Å². The molecule has 2 saturated heterocycles. The molecule has 10 nitrogen and oxygen atoms in total. The first-order valence-corrected chi connectivity index (χ1v) is 16.4. The number of nitrogens with one attached hydrogen (secondary N) is 2. The number of anilines is 4. The molecule has 4 aliphatic rings. The van der Waals surface area contributed by atoms with E-state index in [1.54, 1.807) is 23.6 Å². The minimum atomic E-state index is -3.67. The molecule has 2 aliphatic carbocycles. The van der Waals surface area contributed by atoms with Crippen LogP contribution in [0.4, 0.5) is 22.2 Å². The van der Waals surface area contributed by atoms with Gasteiger partial charge in [-0.1, -0.05) is 0 Å². The molecule has 0 radical (unpaired) electrons. The summed E-state index contributed by atoms with van der Waals surface area (Å²) in [5, 5.41) is 24.5. The lowest BCUT2D eigenvalue weighted by Gasteiger charge is -2.50. The standard InChI is InChI=1S/C27H37N5O5S2/c33-13-14-39(36,37)30-19-1-2-21(23(15-19)31-9-5-26(3-4-26)6-10-31)28-24(35)22-18-38-25(29-22)32-11-7-27(8-12-32)16-20(34)17-27/h1-2,15,18,20,30,33-34H,3-14,16-17H2,(H,28,35). The Bertz CT molecular complexity index is 1320. The zero-order valence-corrected chi connectivity index (χ0v) is 23.7. The van der Waals surface area contributed by atoms with Crippen molar-refractivity contribution >= 4 is 49.5 Å². The van der Waals surface area contributed by atoms with E-state index >= 15 is 0 Å². The molecular weight excluding hydrogens is 538 g/mol. The van der Waals surface area contributed by atoms with Crippen molar-refractivity contribution in [1.29, 1.82) is 0 Å². The minimum absolute atomic E-state index is 0.147. The van der Waals surface area contributed by atoms with Crippen LogP contribution in [0, 0.1) is 10.8 Å². The Kier molecular flexibility index (Phi) is 7.01. The van der Waals surface area contributed by atoms with E-state index in [9.17, 15) is 18.3 Å². The zero-order valence-electron chi connectivity index (χ0n) is 22.1. The fourth-order valence-electron chi connectivity index (χ4n) is 6.43. The molecule has 0 atom stereocenters. The Balaban J connectivity index is 1.16. The number of benzene rings is 1. The van der Waals surface area contributed by atoms with Gasteiger partial charge in [-0.25, -0.2) is 13.4 Å². The van der Waals surface area contributed by atoms with Crippen LogP contribution in [0.3, 0.4) is 0 Å². The third-order valence-corrected chi connectivity index (χ3v) is 11.3. The number of amides is 1. The molecule has 2 spiro atoms. The topological polar surface area (TPSA) is 135 Å². The first kappa shape index (κ1) is 26.8. The van der Waals surface area contributed by atoms with Crippen molar-refractivity contribution in [2.45, 2.75) is 57.5 Å². The van der Waals surface area contributed by atoms with Gasteiger partial charge in [-0.15, -0.1) is 11.3 Å². The maximum Gasteiger partial charge on any atom is 0.275 e. The van der Waals surface area contributed by atoms with Gasteiger partial charge in [-0.3, -0.25) is 9.52 Å². The van der Waals surface area contributed by atoms with E-state index in [1.165, 1.54) is 24.2 Å². The summed E-state index contributed by atoms with van der Waals surface area (Å²) in [6.07, 6.45) is 8.46. The number of thiazole rings is 1. The average molecular weight is 576 g/mol. The molecule has 3 heterocycles. The van der Waals surface area contributed by atoms with Gasteiger partial charge >= 0.3 is 0 Å². The number of sulfonamides is 1. The number of carbonyl (C=O) groups is 1. The fraction of sp³-hybridized carbons (Fsp3) is 0.630. The Labute approximate surface area is 233 Å². The van der Waals surface area contributed by atoms with Crippen molar-refractivity contribution in [1.82, 2.24) is 4.98 Å². The third-order valence-electron chi connectivity index (χ3n) is 9.16. The molecule has 0 unspecified atom stereocenters. The summed E-state index contributed by atoms with van der Waals surface area (Å²) in [7, 11) is -3.67. The molecule has 0 bridgehead atoms. The normalized spacial score (nSPS) is 22.1. The van der Waals surface area contributed by atoms with Gasteiger partial charge in [0.25, 0.3) is 5.91 Å². The summed E-state index contributed by atoms with van der Waals surface area (Å²) in [6, 6.07) is 5.13. The molecule has 2 aromatic rings. The van der Waals surface area contributed by atoms with Crippen molar-refractivity contribution in [2.24, 2.45) is 10.8 Å². The van der Waals surface area contributed by atoms with Gasteiger partial charge in [0.05, 0.1) is 35.5 Å². The second kappa shape index (κ2) is 10.2. The lowest BCUT2D eigenvalue weighted by atomic mass is 9.61. The molecule has 6 rings (SSSR count). The molecule has 1 aromatic heterocycles. The summed E-state index contributed by atoms with van der Waals surface area (Å²) in [5.41, 5.74) is 2.93. The number of nitrogens with zero attached hydrogens (tertiary/aromatic N) is 3. The molecule has 39 heavy (non-hydrogen) atoms. The van der Waals surface area contributed by atoms with Gasteiger partial charge in [0, 0.05) is 31.6 Å². The van der Waals surface area contributed by atoms with Crippen LogP contribution in [0.25, 0.3) is 0 Å². The molecule has 1 amide bonds. The predicted octanol–water partition coefficient (Wildman–Crippen LogP) is 3.25. The molecule has 12 heteroatoms. The quantitative estimate of drug-likeness (QED) is 0.377. The van der Waals surface area contributed by atoms with E-state index in [2.05, 4.69) is 24.8 Å². The highest BCUT2D eigenvalue weighted by molar-refractivity contribution is 7.92. The molecular formula is C27H37N5O5S2. The number of aliphatic hydroxyl groups excluding tert-OH is 2. The largest absolute Gasteiger partial charge is 0.395 e. The summed E-state index contributed by atoms with van der Waals surface area (Å²) in [4.78, 5) is 22.4. The summed E-state index contributed by atoms with van der Waals surface area (Å²) in [5.74, 6) is -0.669. The van der Waals surface area contributed by atoms with E-state index in [4.69, 9.17) is 5.11 Å². The van der Waals surface area contributed by atoms with Crippen molar-refractivity contribution in [3.63, 3.8) is 0 Å². The smallest absolute Gasteiger partial charge is 0.275 e. The lowest BCUT2D eigenvalue weighted by molar-refractivity contribution is -0.0464. The molecule has 4 N–H and O–H groups in total. The number of hydrogen-bond acceptors (Lipinski definition) is 9. The Morgan fingerprint density at radius 2 is 1.69 bits per heavy atom. The second-order valence-electron chi connectivity index (χ2n) is 11.9. The maximum atomic E-state index is 13.3. The monoisotopic (exact) mass is 575 g/mol. The number of carbonyl (C=O) groups excluding carboxylic acids is 1. The van der Waals surface area contributed by atoms with Crippen LogP contribution in [0.2, 0.25) is 0 Å². The van der Waals surface area contributed by atoms with Gasteiger partial charge in [-0.05, 0) is 80.4 Å². The van der Waals surface area contributed by atoms with Crippen molar-refractivity contribution in [2.75, 3.05) is 58.4 Å². The number of hydrogen-bond donors (Lipinski definition) is 4. The molecule has 2 aliphatic heterocycles. The Hall–Kier alpha value is -2.41. The van der Waals surface area contributed by atoms with Gasteiger partial charge < -0.3 is 25.3 Å². The first-order chi connectivity index (χ1) is 18.7. The zero-order chi connectivity index (χ0) is 27.3. The molecule has 2 saturated carbocycles. The minimum Gasteiger partial charge on any atom is -0.395 e. The van der Waals surface area contributed by atoms with Crippen LogP contribution in [-0.2, 0) is 10.0 Å². The van der Waals surface area contributed by atoms with E-state index < -0.39 is 16.6 Å². The lowest BCUT2D eigenvalue weighted by Crippen LogP contribution is -2.49. The van der Waals surface area contributed by atoms with Gasteiger partial charge in [0.1, 0.15) is 5.69 Å². The van der Waals surface area contributed by atoms with E-state index in [0.29, 0.717) is 22.5 Å². The molecule has 212 valence electrons. The molecule has 4 fully saturated rings. The van der Waals surface area contributed by atoms with Crippen molar-refractivity contribution < 1.29 is 23.4 Å². The van der Waals surface area contributed by atoms with Gasteiger partial charge in [0.2, 0.25) is 10.0 Å². The highest BCUT2D eigenvalue weighted by Gasteiger charge is 2.46. The Morgan fingerprint density at radius 3 is 2.33 bits per heavy atom. The van der Waals surface area contributed by atoms with Crippen LogP contribution in [0.5, 0.6) is 0 Å². The number of aliphatic hydroxyl groups is 2. The number of rotatable bonds is 8. The third kappa shape index (κ3) is 5.75. The van der Waals surface area contributed by atoms with Crippen LogP contribution >= 0.6 is 11.3 Å².